The van der Waals surface area contributed by atoms with Crippen molar-refractivity contribution >= 4 is 7.60 Å². The molecular formula is C20H43O3P. The van der Waals surface area contributed by atoms with Gasteiger partial charge in [0.15, 0.2) is 0 Å². The van der Waals surface area contributed by atoms with E-state index in [9.17, 15) is 4.57 Å². The summed E-state index contributed by atoms with van der Waals surface area (Å²) in [4.78, 5) is 0. The van der Waals surface area contributed by atoms with E-state index in [1.807, 2.05) is 6.92 Å². The summed E-state index contributed by atoms with van der Waals surface area (Å²) in [5.74, 6) is 0. The number of hydrogen-bond acceptors (Lipinski definition) is 3. The largest absolute Gasteiger partial charge is 0.333 e. The topological polar surface area (TPSA) is 35.5 Å². The van der Waals surface area contributed by atoms with Gasteiger partial charge in [-0.2, -0.15) is 0 Å². The minimum absolute atomic E-state index is 0.00215. The van der Waals surface area contributed by atoms with Crippen LogP contribution in [0.4, 0.5) is 0 Å². The van der Waals surface area contributed by atoms with Crippen molar-refractivity contribution in [3.05, 3.63) is 0 Å². The van der Waals surface area contributed by atoms with Crippen molar-refractivity contribution in [3.8, 4) is 0 Å². The number of rotatable bonds is 18. The molecule has 0 amide bonds. The Morgan fingerprint density at radius 3 is 1.42 bits per heavy atom. The fourth-order valence-corrected chi connectivity index (χ4v) is 4.46. The first-order valence-corrected chi connectivity index (χ1v) is 12.1. The third-order valence-electron chi connectivity index (χ3n) is 4.67. The van der Waals surface area contributed by atoms with Gasteiger partial charge in [0.1, 0.15) is 0 Å². The van der Waals surface area contributed by atoms with Crippen LogP contribution in [0.3, 0.4) is 0 Å². The Morgan fingerprint density at radius 1 is 0.667 bits per heavy atom. The van der Waals surface area contributed by atoms with Crippen LogP contribution in [-0.4, -0.2) is 18.9 Å². The molecule has 4 heteroatoms. The van der Waals surface area contributed by atoms with Gasteiger partial charge in [-0.3, -0.25) is 4.57 Å². The van der Waals surface area contributed by atoms with E-state index in [0.29, 0.717) is 13.2 Å². The smallest absolute Gasteiger partial charge is 0.308 e. The Bertz CT molecular complexity index is 285. The highest BCUT2D eigenvalue weighted by molar-refractivity contribution is 7.54. The summed E-state index contributed by atoms with van der Waals surface area (Å²) in [6, 6.07) is 0. The minimum Gasteiger partial charge on any atom is -0.308 e. The highest BCUT2D eigenvalue weighted by Gasteiger charge is 2.30. The van der Waals surface area contributed by atoms with E-state index in [2.05, 4.69) is 20.8 Å². The van der Waals surface area contributed by atoms with E-state index in [-0.39, 0.29) is 5.66 Å². The molecule has 0 fully saturated rings. The predicted molar refractivity (Wildman–Crippen MR) is 106 cm³/mol. The van der Waals surface area contributed by atoms with Crippen LogP contribution >= 0.6 is 7.60 Å². The molecule has 0 spiro atoms. The minimum atomic E-state index is -2.93. The van der Waals surface area contributed by atoms with E-state index in [1.165, 1.54) is 51.4 Å². The molecule has 0 aromatic heterocycles. The van der Waals surface area contributed by atoms with Gasteiger partial charge in [0.05, 0.1) is 18.9 Å². The Kier molecular flexibility index (Phi) is 16.7. The molecule has 0 N–H and O–H groups in total. The first kappa shape index (κ1) is 24.1. The summed E-state index contributed by atoms with van der Waals surface area (Å²) in [6.07, 6.45) is 15.4. The Hall–Kier alpha value is 0.150. The van der Waals surface area contributed by atoms with Gasteiger partial charge in [-0.25, -0.2) is 0 Å². The first-order chi connectivity index (χ1) is 11.6. The van der Waals surface area contributed by atoms with Gasteiger partial charge in [0.25, 0.3) is 0 Å². The summed E-state index contributed by atoms with van der Waals surface area (Å²) >= 11 is 0. The zero-order chi connectivity index (χ0) is 18.1. The zero-order valence-electron chi connectivity index (χ0n) is 16.9. The van der Waals surface area contributed by atoms with Crippen molar-refractivity contribution < 1.29 is 13.6 Å². The van der Waals surface area contributed by atoms with Gasteiger partial charge in [0, 0.05) is 0 Å². The van der Waals surface area contributed by atoms with E-state index in [4.69, 9.17) is 9.05 Å². The molecular weight excluding hydrogens is 319 g/mol. The van der Waals surface area contributed by atoms with Crippen LogP contribution in [0.5, 0.6) is 0 Å². The maximum atomic E-state index is 13.0. The highest BCUT2D eigenvalue weighted by Crippen LogP contribution is 2.54. The van der Waals surface area contributed by atoms with Crippen molar-refractivity contribution in [1.82, 2.24) is 0 Å². The molecule has 1 atom stereocenters. The normalized spacial score (nSPS) is 13.3. The summed E-state index contributed by atoms with van der Waals surface area (Å²) in [6.45, 7) is 9.65. The third-order valence-corrected chi connectivity index (χ3v) is 7.20. The van der Waals surface area contributed by atoms with Crippen molar-refractivity contribution in [2.45, 2.75) is 117 Å². The van der Waals surface area contributed by atoms with Crippen LogP contribution in [-0.2, 0) is 13.6 Å². The van der Waals surface area contributed by atoms with Gasteiger partial charge in [-0.05, 0) is 19.3 Å². The van der Waals surface area contributed by atoms with Crippen molar-refractivity contribution in [1.29, 1.82) is 0 Å². The Labute approximate surface area is 151 Å². The molecule has 0 aliphatic rings. The van der Waals surface area contributed by atoms with Gasteiger partial charge in [0.2, 0.25) is 0 Å². The lowest BCUT2D eigenvalue weighted by atomic mass is 10.1. The van der Waals surface area contributed by atoms with Crippen LogP contribution in [0.1, 0.15) is 111 Å². The average molecular weight is 363 g/mol. The zero-order valence-corrected chi connectivity index (χ0v) is 17.8. The summed E-state index contributed by atoms with van der Waals surface area (Å²) < 4.78 is 24.5. The van der Waals surface area contributed by atoms with Gasteiger partial charge in [-0.1, -0.05) is 91.9 Å². The molecule has 0 heterocycles. The third kappa shape index (κ3) is 12.5. The molecule has 24 heavy (non-hydrogen) atoms. The molecule has 3 nitrogen and oxygen atoms in total. The van der Waals surface area contributed by atoms with E-state index in [0.717, 1.165) is 32.1 Å². The van der Waals surface area contributed by atoms with Crippen LogP contribution in [0.15, 0.2) is 0 Å². The summed E-state index contributed by atoms with van der Waals surface area (Å²) in [5.41, 5.74) is -0.00215. The molecule has 0 saturated carbocycles. The molecule has 0 rings (SSSR count). The second kappa shape index (κ2) is 16.6. The van der Waals surface area contributed by atoms with E-state index < -0.39 is 7.60 Å². The molecule has 0 radical (unpaired) electrons. The fraction of sp³-hybridized carbons (Fsp3) is 1.00. The second-order valence-corrected chi connectivity index (χ2v) is 9.48. The molecule has 146 valence electrons. The van der Waals surface area contributed by atoms with E-state index >= 15 is 0 Å². The monoisotopic (exact) mass is 362 g/mol. The van der Waals surface area contributed by atoms with Crippen molar-refractivity contribution in [2.24, 2.45) is 0 Å². The molecule has 1 unspecified atom stereocenters. The lowest BCUT2D eigenvalue weighted by Crippen LogP contribution is -2.10. The Balaban J connectivity index is 3.93. The standard InChI is InChI=1S/C20H43O3P/c1-5-8-10-12-14-16-18-22-24(21,20(4)7-3)23-19-17-15-13-11-9-6-2/h20H,5-19H2,1-4H3. The number of unbranched alkanes of at least 4 members (excludes halogenated alkanes) is 10. The Morgan fingerprint density at radius 2 is 1.04 bits per heavy atom. The lowest BCUT2D eigenvalue weighted by molar-refractivity contribution is 0.191. The maximum Gasteiger partial charge on any atom is 0.333 e. The number of hydrogen-bond donors (Lipinski definition) is 0. The van der Waals surface area contributed by atoms with Gasteiger partial charge in [-0.15, -0.1) is 0 Å². The summed E-state index contributed by atoms with van der Waals surface area (Å²) in [7, 11) is -2.93. The predicted octanol–water partition coefficient (Wildman–Crippen LogP) is 7.73. The maximum absolute atomic E-state index is 13.0. The molecule has 0 aromatic carbocycles. The lowest BCUT2D eigenvalue weighted by Gasteiger charge is -2.23. The van der Waals surface area contributed by atoms with Crippen LogP contribution in [0.2, 0.25) is 0 Å². The average Bonchev–Trinajstić information content (AvgIpc) is 2.59. The quantitative estimate of drug-likeness (QED) is 0.185. The van der Waals surface area contributed by atoms with Crippen LogP contribution in [0, 0.1) is 0 Å². The summed E-state index contributed by atoms with van der Waals surface area (Å²) in [5, 5.41) is 0. The van der Waals surface area contributed by atoms with Gasteiger partial charge < -0.3 is 9.05 Å². The molecule has 0 aliphatic carbocycles. The molecule has 0 aliphatic heterocycles. The second-order valence-electron chi connectivity index (χ2n) is 7.00. The van der Waals surface area contributed by atoms with Crippen molar-refractivity contribution in [2.75, 3.05) is 13.2 Å². The molecule has 0 saturated heterocycles. The van der Waals surface area contributed by atoms with Crippen LogP contribution in [0.25, 0.3) is 0 Å². The van der Waals surface area contributed by atoms with Gasteiger partial charge >= 0.3 is 7.60 Å². The van der Waals surface area contributed by atoms with Crippen LogP contribution < -0.4 is 0 Å². The molecule has 0 aromatic rings. The highest BCUT2D eigenvalue weighted by atomic mass is 31.2. The van der Waals surface area contributed by atoms with E-state index in [1.54, 1.807) is 0 Å². The first-order valence-electron chi connectivity index (χ1n) is 10.5. The fourth-order valence-electron chi connectivity index (χ4n) is 2.66. The van der Waals surface area contributed by atoms with Crippen molar-refractivity contribution in [3.63, 3.8) is 0 Å². The molecule has 0 bridgehead atoms. The SMILES string of the molecule is CCCCCCCCOP(=O)(OCCCCCCCC)C(C)CC.